The molecule has 2 aliphatic rings. The Morgan fingerprint density at radius 3 is 2.42 bits per heavy atom. The molecule has 1 atom stereocenters. The van der Waals surface area contributed by atoms with Crippen LogP contribution in [-0.4, -0.2) is 52.2 Å². The zero-order chi connectivity index (χ0) is 21.5. The van der Waals surface area contributed by atoms with Gasteiger partial charge >= 0.3 is 0 Å². The van der Waals surface area contributed by atoms with Gasteiger partial charge in [-0.2, -0.15) is 4.98 Å². The smallest absolute Gasteiger partial charge is 0.257 e. The Morgan fingerprint density at radius 1 is 1.00 bits per heavy atom. The first-order valence-electron chi connectivity index (χ1n) is 12.6. The molecule has 0 saturated carbocycles. The van der Waals surface area contributed by atoms with Gasteiger partial charge in [-0.05, 0) is 88.3 Å². The van der Waals surface area contributed by atoms with Crippen LogP contribution in [0.1, 0.15) is 76.6 Å². The van der Waals surface area contributed by atoms with Crippen molar-refractivity contribution in [2.45, 2.75) is 84.2 Å². The van der Waals surface area contributed by atoms with E-state index in [0.29, 0.717) is 11.8 Å². The highest BCUT2D eigenvalue weighted by Crippen LogP contribution is 2.26. The fourth-order valence-corrected chi connectivity index (χ4v) is 5.34. The van der Waals surface area contributed by atoms with E-state index in [1.54, 1.807) is 0 Å². The van der Waals surface area contributed by atoms with Crippen molar-refractivity contribution in [1.82, 2.24) is 19.9 Å². The Bertz CT molecular complexity index is 773. The van der Waals surface area contributed by atoms with E-state index in [4.69, 9.17) is 9.51 Å². The fraction of sp³-hybridized carbons (Fsp3) is 0.692. The standard InChI is InChI=1S/C26H40N4O/c1-3-8-24(4-2)30-17-13-21(14-18-30)19-25-27-26(31-28-25)23-11-9-22(10-12-23)20-29-15-6-5-7-16-29/h9-12,21,24H,3-8,13-20H2,1-2H3. The predicted octanol–water partition coefficient (Wildman–Crippen LogP) is 5.56. The second kappa shape index (κ2) is 11.2. The van der Waals surface area contributed by atoms with Gasteiger partial charge in [0, 0.05) is 24.6 Å². The molecule has 2 aliphatic heterocycles. The summed E-state index contributed by atoms with van der Waals surface area (Å²) in [4.78, 5) is 9.97. The second-order valence-corrected chi connectivity index (χ2v) is 9.58. The molecule has 1 aromatic heterocycles. The van der Waals surface area contributed by atoms with Gasteiger partial charge in [0.25, 0.3) is 5.89 Å². The highest BCUT2D eigenvalue weighted by Gasteiger charge is 2.25. The third-order valence-corrected chi connectivity index (χ3v) is 7.25. The molecule has 2 aromatic rings. The van der Waals surface area contributed by atoms with Crippen molar-refractivity contribution in [3.05, 3.63) is 35.7 Å². The van der Waals surface area contributed by atoms with Crippen LogP contribution < -0.4 is 0 Å². The highest BCUT2D eigenvalue weighted by molar-refractivity contribution is 5.53. The third-order valence-electron chi connectivity index (χ3n) is 7.25. The normalized spacial score (nSPS) is 20.2. The van der Waals surface area contributed by atoms with Gasteiger partial charge in [-0.1, -0.05) is 44.0 Å². The van der Waals surface area contributed by atoms with Gasteiger partial charge in [0.2, 0.25) is 0 Å². The Labute approximate surface area is 188 Å². The van der Waals surface area contributed by atoms with Gasteiger partial charge < -0.3 is 9.42 Å². The van der Waals surface area contributed by atoms with E-state index in [1.807, 2.05) is 0 Å². The van der Waals surface area contributed by atoms with Crippen LogP contribution in [0, 0.1) is 5.92 Å². The molecule has 0 bridgehead atoms. The minimum Gasteiger partial charge on any atom is -0.334 e. The molecule has 5 nitrogen and oxygen atoms in total. The summed E-state index contributed by atoms with van der Waals surface area (Å²) in [6, 6.07) is 9.45. The molecule has 3 heterocycles. The van der Waals surface area contributed by atoms with Crippen LogP contribution >= 0.6 is 0 Å². The molecular formula is C26H40N4O. The maximum Gasteiger partial charge on any atom is 0.257 e. The summed E-state index contributed by atoms with van der Waals surface area (Å²) >= 11 is 0. The maximum atomic E-state index is 5.61. The number of aromatic nitrogens is 2. The lowest BCUT2D eigenvalue weighted by Crippen LogP contribution is -2.41. The first-order valence-corrected chi connectivity index (χ1v) is 12.6. The van der Waals surface area contributed by atoms with E-state index in [-0.39, 0.29) is 0 Å². The zero-order valence-electron chi connectivity index (χ0n) is 19.6. The van der Waals surface area contributed by atoms with Gasteiger partial charge in [0.1, 0.15) is 0 Å². The topological polar surface area (TPSA) is 45.4 Å². The Hall–Kier alpha value is -1.72. The Kier molecular flexibility index (Phi) is 8.15. The van der Waals surface area contributed by atoms with E-state index in [1.165, 1.54) is 83.1 Å². The zero-order valence-corrected chi connectivity index (χ0v) is 19.6. The van der Waals surface area contributed by atoms with Crippen molar-refractivity contribution < 1.29 is 4.52 Å². The molecule has 0 spiro atoms. The number of hydrogen-bond acceptors (Lipinski definition) is 5. The summed E-state index contributed by atoms with van der Waals surface area (Å²) in [6.07, 6.45) is 11.4. The van der Waals surface area contributed by atoms with Crippen molar-refractivity contribution in [1.29, 1.82) is 0 Å². The minimum atomic E-state index is 0.658. The predicted molar refractivity (Wildman–Crippen MR) is 126 cm³/mol. The number of nitrogens with zero attached hydrogens (tertiary/aromatic N) is 4. The van der Waals surface area contributed by atoms with E-state index < -0.39 is 0 Å². The van der Waals surface area contributed by atoms with Crippen LogP contribution in [0.5, 0.6) is 0 Å². The number of piperidine rings is 2. The van der Waals surface area contributed by atoms with Gasteiger partial charge in [-0.15, -0.1) is 0 Å². The summed E-state index contributed by atoms with van der Waals surface area (Å²) in [7, 11) is 0. The van der Waals surface area contributed by atoms with Crippen molar-refractivity contribution in [2.24, 2.45) is 5.92 Å². The van der Waals surface area contributed by atoms with Crippen molar-refractivity contribution in [3.8, 4) is 11.5 Å². The summed E-state index contributed by atoms with van der Waals surface area (Å²) in [5, 5.41) is 4.29. The summed E-state index contributed by atoms with van der Waals surface area (Å²) in [5.41, 5.74) is 2.40. The Balaban J connectivity index is 1.27. The molecule has 0 radical (unpaired) electrons. The summed E-state index contributed by atoms with van der Waals surface area (Å²) in [5.74, 6) is 2.20. The number of hydrogen-bond donors (Lipinski definition) is 0. The van der Waals surface area contributed by atoms with Crippen molar-refractivity contribution in [3.63, 3.8) is 0 Å². The molecule has 31 heavy (non-hydrogen) atoms. The first kappa shape index (κ1) is 22.5. The van der Waals surface area contributed by atoms with Crippen LogP contribution in [-0.2, 0) is 13.0 Å². The summed E-state index contributed by atoms with van der Waals surface area (Å²) in [6.45, 7) is 10.6. The van der Waals surface area contributed by atoms with Crippen LogP contribution in [0.25, 0.3) is 11.5 Å². The minimum absolute atomic E-state index is 0.658. The average Bonchev–Trinajstić information content (AvgIpc) is 3.28. The first-order chi connectivity index (χ1) is 15.2. The lowest BCUT2D eigenvalue weighted by Gasteiger charge is -2.37. The van der Waals surface area contributed by atoms with Gasteiger partial charge in [0.15, 0.2) is 5.82 Å². The average molecular weight is 425 g/mol. The molecule has 0 N–H and O–H groups in total. The molecule has 1 unspecified atom stereocenters. The largest absolute Gasteiger partial charge is 0.334 e. The molecule has 4 rings (SSSR count). The van der Waals surface area contributed by atoms with Crippen LogP contribution in [0.2, 0.25) is 0 Å². The van der Waals surface area contributed by atoms with E-state index in [9.17, 15) is 0 Å². The molecule has 170 valence electrons. The molecular weight excluding hydrogens is 384 g/mol. The van der Waals surface area contributed by atoms with Gasteiger partial charge in [-0.25, -0.2) is 0 Å². The molecule has 1 aromatic carbocycles. The SMILES string of the molecule is CCCC(CC)N1CCC(Cc2noc(-c3ccc(CN4CCCCC4)cc3)n2)CC1. The highest BCUT2D eigenvalue weighted by atomic mass is 16.5. The van der Waals surface area contributed by atoms with Crippen LogP contribution in [0.3, 0.4) is 0 Å². The quantitative estimate of drug-likeness (QED) is 0.528. The van der Waals surface area contributed by atoms with E-state index in [2.05, 4.69) is 53.1 Å². The molecule has 0 aliphatic carbocycles. The maximum absolute atomic E-state index is 5.61. The summed E-state index contributed by atoms with van der Waals surface area (Å²) < 4.78 is 5.61. The molecule has 2 fully saturated rings. The Morgan fingerprint density at radius 2 is 1.74 bits per heavy atom. The second-order valence-electron chi connectivity index (χ2n) is 9.58. The van der Waals surface area contributed by atoms with Crippen LogP contribution in [0.4, 0.5) is 0 Å². The fourth-order valence-electron chi connectivity index (χ4n) is 5.34. The van der Waals surface area contributed by atoms with E-state index >= 15 is 0 Å². The third kappa shape index (κ3) is 6.17. The molecule has 0 amide bonds. The van der Waals surface area contributed by atoms with Gasteiger partial charge in [-0.3, -0.25) is 4.90 Å². The number of rotatable bonds is 9. The number of likely N-dealkylation sites (tertiary alicyclic amines) is 2. The van der Waals surface area contributed by atoms with E-state index in [0.717, 1.165) is 30.4 Å². The molecule has 5 heteroatoms. The van der Waals surface area contributed by atoms with Gasteiger partial charge in [0.05, 0.1) is 0 Å². The lowest BCUT2D eigenvalue weighted by molar-refractivity contribution is 0.121. The van der Waals surface area contributed by atoms with Crippen molar-refractivity contribution >= 4 is 0 Å². The van der Waals surface area contributed by atoms with Crippen molar-refractivity contribution in [2.75, 3.05) is 26.2 Å². The number of benzene rings is 1. The van der Waals surface area contributed by atoms with Crippen LogP contribution in [0.15, 0.2) is 28.8 Å². The monoisotopic (exact) mass is 424 g/mol. The molecule has 2 saturated heterocycles. The lowest BCUT2D eigenvalue weighted by atomic mass is 9.91.